The van der Waals surface area contributed by atoms with Gasteiger partial charge in [0.25, 0.3) is 0 Å². The summed E-state index contributed by atoms with van der Waals surface area (Å²) in [5.74, 6) is -0.634. The number of amides is 2. The first-order chi connectivity index (χ1) is 12.8. The van der Waals surface area contributed by atoms with Crippen LogP contribution in [0.3, 0.4) is 0 Å². The largest absolute Gasteiger partial charge is 0.340 e. The van der Waals surface area contributed by atoms with E-state index in [1.165, 1.54) is 17.0 Å². The number of para-hydroxylation sites is 1. The van der Waals surface area contributed by atoms with Crippen molar-refractivity contribution in [2.75, 3.05) is 32.5 Å². The summed E-state index contributed by atoms with van der Waals surface area (Å²) in [6, 6.07) is 12.0. The molecule has 0 atom stereocenters. The highest BCUT2D eigenvalue weighted by Crippen LogP contribution is 2.19. The molecule has 27 heavy (non-hydrogen) atoms. The highest BCUT2D eigenvalue weighted by Gasteiger charge is 2.15. The van der Waals surface area contributed by atoms with Gasteiger partial charge in [-0.3, -0.25) is 14.5 Å². The second-order valence-electron chi connectivity index (χ2n) is 6.87. The minimum absolute atomic E-state index is 0.103. The van der Waals surface area contributed by atoms with Crippen LogP contribution in [0.25, 0.3) is 0 Å². The van der Waals surface area contributed by atoms with E-state index in [2.05, 4.69) is 5.32 Å². The van der Waals surface area contributed by atoms with Crippen molar-refractivity contribution in [3.8, 4) is 0 Å². The van der Waals surface area contributed by atoms with Gasteiger partial charge in [-0.1, -0.05) is 30.3 Å². The van der Waals surface area contributed by atoms with E-state index in [4.69, 9.17) is 0 Å². The fourth-order valence-electron chi connectivity index (χ4n) is 2.84. The van der Waals surface area contributed by atoms with Crippen molar-refractivity contribution in [2.45, 2.75) is 20.4 Å². The van der Waals surface area contributed by atoms with Gasteiger partial charge in [-0.15, -0.1) is 0 Å². The van der Waals surface area contributed by atoms with Crippen LogP contribution in [-0.2, 0) is 16.1 Å². The molecule has 0 aromatic heterocycles. The summed E-state index contributed by atoms with van der Waals surface area (Å²) in [6.45, 7) is 4.41. The Morgan fingerprint density at radius 2 is 1.63 bits per heavy atom. The van der Waals surface area contributed by atoms with Gasteiger partial charge in [-0.05, 0) is 49.7 Å². The van der Waals surface area contributed by atoms with Crippen LogP contribution in [0.2, 0.25) is 0 Å². The first-order valence-electron chi connectivity index (χ1n) is 8.79. The van der Waals surface area contributed by atoms with Gasteiger partial charge in [0.2, 0.25) is 11.8 Å². The standard InChI is InChI=1S/C21H26FN3O2/c1-15-7-5-8-16(2)21(15)23-19(26)13-24(3)14-20(27)25(4)12-17-9-6-10-18(22)11-17/h5-11H,12-14H2,1-4H3,(H,23,26). The lowest BCUT2D eigenvalue weighted by Crippen LogP contribution is -2.39. The van der Waals surface area contributed by atoms with Gasteiger partial charge in [0.05, 0.1) is 13.1 Å². The second-order valence-corrected chi connectivity index (χ2v) is 6.87. The molecule has 0 aliphatic heterocycles. The van der Waals surface area contributed by atoms with E-state index in [0.717, 1.165) is 22.4 Å². The highest BCUT2D eigenvalue weighted by atomic mass is 19.1. The third kappa shape index (κ3) is 6.18. The maximum atomic E-state index is 13.3. The van der Waals surface area contributed by atoms with Crippen LogP contribution < -0.4 is 5.32 Å². The van der Waals surface area contributed by atoms with Crippen LogP contribution in [0.4, 0.5) is 10.1 Å². The van der Waals surface area contributed by atoms with Gasteiger partial charge in [-0.2, -0.15) is 0 Å². The zero-order valence-corrected chi connectivity index (χ0v) is 16.3. The van der Waals surface area contributed by atoms with Crippen LogP contribution in [0.5, 0.6) is 0 Å². The minimum atomic E-state index is -0.325. The predicted octanol–water partition coefficient (Wildman–Crippen LogP) is 2.97. The predicted molar refractivity (Wildman–Crippen MR) is 105 cm³/mol. The van der Waals surface area contributed by atoms with Gasteiger partial charge in [-0.25, -0.2) is 4.39 Å². The lowest BCUT2D eigenvalue weighted by molar-refractivity contribution is -0.131. The smallest absolute Gasteiger partial charge is 0.238 e. The molecule has 0 heterocycles. The molecule has 0 bridgehead atoms. The number of hydrogen-bond donors (Lipinski definition) is 1. The molecule has 0 aliphatic rings. The number of likely N-dealkylation sites (N-methyl/N-ethyl adjacent to an activating group) is 2. The van der Waals surface area contributed by atoms with Crippen molar-refractivity contribution >= 4 is 17.5 Å². The lowest BCUT2D eigenvalue weighted by Gasteiger charge is -2.22. The van der Waals surface area contributed by atoms with E-state index in [1.54, 1.807) is 31.1 Å². The maximum absolute atomic E-state index is 13.3. The molecule has 0 unspecified atom stereocenters. The summed E-state index contributed by atoms with van der Waals surface area (Å²) in [6.07, 6.45) is 0. The Labute approximate surface area is 159 Å². The van der Waals surface area contributed by atoms with Gasteiger partial charge in [0.1, 0.15) is 5.82 Å². The van der Waals surface area contributed by atoms with Crippen molar-refractivity contribution < 1.29 is 14.0 Å². The van der Waals surface area contributed by atoms with Gasteiger partial charge in [0.15, 0.2) is 0 Å². The first-order valence-corrected chi connectivity index (χ1v) is 8.79. The normalized spacial score (nSPS) is 10.7. The lowest BCUT2D eigenvalue weighted by atomic mass is 10.1. The molecule has 0 spiro atoms. The molecule has 2 aromatic carbocycles. The Morgan fingerprint density at radius 1 is 1.00 bits per heavy atom. The molecule has 0 radical (unpaired) electrons. The average Bonchev–Trinajstić information content (AvgIpc) is 2.58. The van der Waals surface area contributed by atoms with E-state index >= 15 is 0 Å². The highest BCUT2D eigenvalue weighted by molar-refractivity contribution is 5.94. The Balaban J connectivity index is 1.86. The van der Waals surface area contributed by atoms with Crippen LogP contribution >= 0.6 is 0 Å². The molecule has 6 heteroatoms. The molecular weight excluding hydrogens is 345 g/mol. The summed E-state index contributed by atoms with van der Waals surface area (Å²) in [5.41, 5.74) is 3.53. The van der Waals surface area contributed by atoms with E-state index in [1.807, 2.05) is 32.0 Å². The Hall–Kier alpha value is -2.73. The molecule has 0 aliphatic carbocycles. The fraction of sp³-hybridized carbons (Fsp3) is 0.333. The van der Waals surface area contributed by atoms with E-state index in [-0.39, 0.29) is 30.7 Å². The summed E-state index contributed by atoms with van der Waals surface area (Å²) in [5, 5.41) is 2.91. The Kier molecular flexibility index (Phi) is 7.07. The summed E-state index contributed by atoms with van der Waals surface area (Å²) >= 11 is 0. The Bertz CT molecular complexity index is 803. The number of rotatable bonds is 7. The maximum Gasteiger partial charge on any atom is 0.238 e. The van der Waals surface area contributed by atoms with Crippen molar-refractivity contribution in [1.82, 2.24) is 9.80 Å². The number of carbonyl (C=O) groups is 2. The number of nitrogens with zero attached hydrogens (tertiary/aromatic N) is 2. The zero-order chi connectivity index (χ0) is 20.0. The minimum Gasteiger partial charge on any atom is -0.340 e. The number of benzene rings is 2. The topological polar surface area (TPSA) is 52.7 Å². The van der Waals surface area contributed by atoms with Crippen molar-refractivity contribution in [3.63, 3.8) is 0 Å². The zero-order valence-electron chi connectivity index (χ0n) is 16.3. The van der Waals surface area contributed by atoms with Gasteiger partial charge < -0.3 is 10.2 Å². The number of halogens is 1. The van der Waals surface area contributed by atoms with Crippen molar-refractivity contribution in [2.24, 2.45) is 0 Å². The van der Waals surface area contributed by atoms with Crippen molar-refractivity contribution in [3.05, 3.63) is 65.0 Å². The van der Waals surface area contributed by atoms with E-state index in [9.17, 15) is 14.0 Å². The van der Waals surface area contributed by atoms with Crippen LogP contribution in [0.15, 0.2) is 42.5 Å². The van der Waals surface area contributed by atoms with Gasteiger partial charge >= 0.3 is 0 Å². The molecule has 0 fully saturated rings. The Morgan fingerprint density at radius 3 is 2.26 bits per heavy atom. The molecule has 1 N–H and O–H groups in total. The molecule has 144 valence electrons. The first kappa shape index (κ1) is 20.6. The van der Waals surface area contributed by atoms with Crippen molar-refractivity contribution in [1.29, 1.82) is 0 Å². The molecule has 2 aromatic rings. The third-order valence-corrected chi connectivity index (χ3v) is 4.30. The molecule has 5 nitrogen and oxygen atoms in total. The molecule has 2 amide bonds. The molecule has 0 saturated heterocycles. The molecular formula is C21H26FN3O2. The third-order valence-electron chi connectivity index (χ3n) is 4.30. The summed E-state index contributed by atoms with van der Waals surface area (Å²) < 4.78 is 13.3. The van der Waals surface area contributed by atoms with Gasteiger partial charge in [0, 0.05) is 19.3 Å². The summed E-state index contributed by atoms with van der Waals surface area (Å²) in [4.78, 5) is 27.8. The van der Waals surface area contributed by atoms with Crippen LogP contribution in [0.1, 0.15) is 16.7 Å². The number of anilines is 1. The summed E-state index contributed by atoms with van der Waals surface area (Å²) in [7, 11) is 3.38. The number of aryl methyl sites for hydroxylation is 2. The monoisotopic (exact) mass is 371 g/mol. The van der Waals surface area contributed by atoms with E-state index < -0.39 is 0 Å². The van der Waals surface area contributed by atoms with Crippen LogP contribution in [0, 0.1) is 19.7 Å². The fourth-order valence-corrected chi connectivity index (χ4v) is 2.84. The molecule has 0 saturated carbocycles. The SMILES string of the molecule is Cc1cccc(C)c1NC(=O)CN(C)CC(=O)N(C)Cc1cccc(F)c1. The average molecular weight is 371 g/mol. The quantitative estimate of drug-likeness (QED) is 0.814. The molecule has 2 rings (SSSR count). The number of hydrogen-bond acceptors (Lipinski definition) is 3. The number of nitrogens with one attached hydrogen (secondary N) is 1. The van der Waals surface area contributed by atoms with E-state index in [0.29, 0.717) is 6.54 Å². The van der Waals surface area contributed by atoms with Crippen LogP contribution in [-0.4, -0.2) is 48.8 Å². The second kappa shape index (κ2) is 9.28. The number of carbonyl (C=O) groups excluding carboxylic acids is 2.